The van der Waals surface area contributed by atoms with Gasteiger partial charge in [0.15, 0.2) is 0 Å². The highest BCUT2D eigenvalue weighted by atomic mass is 16.5. The molecule has 0 bridgehead atoms. The number of rotatable bonds is 9. The fourth-order valence-corrected chi connectivity index (χ4v) is 3.06. The number of nitrogens with zero attached hydrogens (tertiary/aromatic N) is 2. The van der Waals surface area contributed by atoms with Crippen LogP contribution in [0.1, 0.15) is 17.0 Å². The zero-order valence-corrected chi connectivity index (χ0v) is 16.2. The summed E-state index contributed by atoms with van der Waals surface area (Å²) in [6.07, 6.45) is 4.66. The predicted octanol–water partition coefficient (Wildman–Crippen LogP) is 2.85. The maximum atomic E-state index is 12.3. The van der Waals surface area contributed by atoms with Gasteiger partial charge in [0.1, 0.15) is 17.3 Å². The molecule has 0 unspecified atom stereocenters. The number of amides is 1. The van der Waals surface area contributed by atoms with Gasteiger partial charge in [-0.25, -0.2) is 4.98 Å². The fraction of sp³-hybridized carbons (Fsp3) is 0.273. The fourth-order valence-electron chi connectivity index (χ4n) is 3.06. The minimum Gasteiger partial charge on any atom is -0.497 e. The van der Waals surface area contributed by atoms with Crippen molar-refractivity contribution in [2.75, 3.05) is 20.8 Å². The van der Waals surface area contributed by atoms with Crippen molar-refractivity contribution in [2.45, 2.75) is 19.4 Å². The SMILES string of the molecule is COc1ccc(OC)c(CC(=O)NCCc2nccn2Cc2ccccc2)c1. The summed E-state index contributed by atoms with van der Waals surface area (Å²) in [5.74, 6) is 2.26. The molecule has 1 N–H and O–H groups in total. The number of carbonyl (C=O) groups is 1. The number of hydrogen-bond acceptors (Lipinski definition) is 4. The van der Waals surface area contributed by atoms with Gasteiger partial charge in [0.2, 0.25) is 5.91 Å². The summed E-state index contributed by atoms with van der Waals surface area (Å²) in [7, 11) is 3.19. The Hall–Kier alpha value is -3.28. The number of aromatic nitrogens is 2. The monoisotopic (exact) mass is 379 g/mol. The second-order valence-corrected chi connectivity index (χ2v) is 6.41. The molecule has 1 heterocycles. The first-order chi connectivity index (χ1) is 13.7. The molecule has 0 aliphatic carbocycles. The third-order valence-electron chi connectivity index (χ3n) is 4.51. The van der Waals surface area contributed by atoms with Crippen molar-refractivity contribution >= 4 is 5.91 Å². The van der Waals surface area contributed by atoms with Crippen molar-refractivity contribution in [1.29, 1.82) is 0 Å². The predicted molar refractivity (Wildman–Crippen MR) is 108 cm³/mol. The van der Waals surface area contributed by atoms with Crippen molar-refractivity contribution in [3.63, 3.8) is 0 Å². The van der Waals surface area contributed by atoms with Gasteiger partial charge in [0.25, 0.3) is 0 Å². The van der Waals surface area contributed by atoms with Crippen LogP contribution in [0, 0.1) is 0 Å². The first-order valence-electron chi connectivity index (χ1n) is 9.21. The maximum absolute atomic E-state index is 12.3. The van der Waals surface area contributed by atoms with Crippen LogP contribution < -0.4 is 14.8 Å². The Morgan fingerprint density at radius 1 is 1.11 bits per heavy atom. The highest BCUT2D eigenvalue weighted by Crippen LogP contribution is 2.24. The second kappa shape index (κ2) is 9.60. The van der Waals surface area contributed by atoms with E-state index in [1.165, 1.54) is 5.56 Å². The number of methoxy groups -OCH3 is 2. The Bertz CT molecular complexity index is 906. The normalized spacial score (nSPS) is 10.5. The summed E-state index contributed by atoms with van der Waals surface area (Å²) >= 11 is 0. The molecule has 1 aromatic heterocycles. The van der Waals surface area contributed by atoms with Crippen LogP contribution >= 0.6 is 0 Å². The van der Waals surface area contributed by atoms with E-state index in [-0.39, 0.29) is 12.3 Å². The molecule has 3 rings (SSSR count). The molecule has 0 radical (unpaired) electrons. The van der Waals surface area contributed by atoms with Crippen molar-refractivity contribution in [1.82, 2.24) is 14.9 Å². The lowest BCUT2D eigenvalue weighted by molar-refractivity contribution is -0.120. The molecule has 146 valence electrons. The molecule has 0 saturated heterocycles. The van der Waals surface area contributed by atoms with E-state index in [0.29, 0.717) is 24.5 Å². The molecule has 0 spiro atoms. The highest BCUT2D eigenvalue weighted by Gasteiger charge is 2.11. The zero-order valence-electron chi connectivity index (χ0n) is 16.2. The van der Waals surface area contributed by atoms with Crippen LogP contribution in [0.25, 0.3) is 0 Å². The van der Waals surface area contributed by atoms with Crippen LogP contribution in [-0.2, 0) is 24.2 Å². The number of hydrogen-bond donors (Lipinski definition) is 1. The quantitative estimate of drug-likeness (QED) is 0.621. The highest BCUT2D eigenvalue weighted by molar-refractivity contribution is 5.79. The average Bonchev–Trinajstić information content (AvgIpc) is 3.15. The third kappa shape index (κ3) is 5.13. The van der Waals surface area contributed by atoms with Gasteiger partial charge >= 0.3 is 0 Å². The average molecular weight is 379 g/mol. The number of imidazole rings is 1. The molecule has 0 atom stereocenters. The smallest absolute Gasteiger partial charge is 0.224 e. The van der Waals surface area contributed by atoms with Gasteiger partial charge < -0.3 is 19.4 Å². The van der Waals surface area contributed by atoms with Crippen LogP contribution in [0.2, 0.25) is 0 Å². The number of benzene rings is 2. The van der Waals surface area contributed by atoms with Crippen molar-refractivity contribution < 1.29 is 14.3 Å². The lowest BCUT2D eigenvalue weighted by atomic mass is 10.1. The van der Waals surface area contributed by atoms with Crippen LogP contribution in [0.4, 0.5) is 0 Å². The summed E-state index contributed by atoms with van der Waals surface area (Å²) in [6.45, 7) is 1.29. The van der Waals surface area contributed by atoms with Gasteiger partial charge in [-0.15, -0.1) is 0 Å². The minimum absolute atomic E-state index is 0.0623. The van der Waals surface area contributed by atoms with E-state index in [2.05, 4.69) is 27.0 Å². The molecule has 28 heavy (non-hydrogen) atoms. The summed E-state index contributed by atoms with van der Waals surface area (Å²) in [5, 5.41) is 2.96. The lowest BCUT2D eigenvalue weighted by Crippen LogP contribution is -2.28. The molecule has 2 aromatic carbocycles. The summed E-state index contributed by atoms with van der Waals surface area (Å²) in [6, 6.07) is 15.7. The van der Waals surface area contributed by atoms with E-state index >= 15 is 0 Å². The second-order valence-electron chi connectivity index (χ2n) is 6.41. The molecule has 0 saturated carbocycles. The molecule has 0 aliphatic heterocycles. The van der Waals surface area contributed by atoms with E-state index in [4.69, 9.17) is 9.47 Å². The first kappa shape index (κ1) is 19.5. The molecule has 0 fully saturated rings. The standard InChI is InChI=1S/C22H25N3O3/c1-27-19-8-9-20(28-2)18(14-19)15-22(26)24-11-10-21-23-12-13-25(21)16-17-6-4-3-5-7-17/h3-9,12-14H,10-11,15-16H2,1-2H3,(H,24,26). The Kier molecular flexibility index (Phi) is 6.68. The van der Waals surface area contributed by atoms with E-state index in [0.717, 1.165) is 17.9 Å². The molecule has 1 amide bonds. The molecule has 6 heteroatoms. The van der Waals surface area contributed by atoms with Crippen LogP contribution in [0.5, 0.6) is 11.5 Å². The third-order valence-corrected chi connectivity index (χ3v) is 4.51. The maximum Gasteiger partial charge on any atom is 0.224 e. The van der Waals surface area contributed by atoms with E-state index in [1.807, 2.05) is 42.6 Å². The largest absolute Gasteiger partial charge is 0.497 e. The molecular formula is C22H25N3O3. The Balaban J connectivity index is 1.53. The van der Waals surface area contributed by atoms with E-state index in [9.17, 15) is 4.79 Å². The summed E-state index contributed by atoms with van der Waals surface area (Å²) in [4.78, 5) is 16.8. The lowest BCUT2D eigenvalue weighted by Gasteiger charge is -2.11. The first-order valence-corrected chi connectivity index (χ1v) is 9.21. The van der Waals surface area contributed by atoms with Crippen LogP contribution in [-0.4, -0.2) is 36.2 Å². The van der Waals surface area contributed by atoms with Gasteiger partial charge in [-0.1, -0.05) is 30.3 Å². The van der Waals surface area contributed by atoms with E-state index in [1.54, 1.807) is 20.4 Å². The van der Waals surface area contributed by atoms with Gasteiger partial charge in [0.05, 0.1) is 20.6 Å². The summed E-state index contributed by atoms with van der Waals surface area (Å²) in [5.41, 5.74) is 2.01. The van der Waals surface area contributed by atoms with Gasteiger partial charge in [-0.2, -0.15) is 0 Å². The van der Waals surface area contributed by atoms with E-state index < -0.39 is 0 Å². The Morgan fingerprint density at radius 2 is 1.93 bits per heavy atom. The number of nitrogens with one attached hydrogen (secondary N) is 1. The zero-order chi connectivity index (χ0) is 19.8. The molecular weight excluding hydrogens is 354 g/mol. The van der Waals surface area contributed by atoms with Crippen LogP contribution in [0.3, 0.4) is 0 Å². The topological polar surface area (TPSA) is 65.4 Å². The number of ether oxygens (including phenoxy) is 2. The van der Waals surface area contributed by atoms with Crippen LogP contribution in [0.15, 0.2) is 60.9 Å². The van der Waals surface area contributed by atoms with Crippen molar-refractivity contribution in [3.05, 3.63) is 77.9 Å². The van der Waals surface area contributed by atoms with Gasteiger partial charge in [-0.3, -0.25) is 4.79 Å². The molecule has 0 aliphatic rings. The minimum atomic E-state index is -0.0623. The summed E-state index contributed by atoms with van der Waals surface area (Å²) < 4.78 is 12.7. The molecule has 3 aromatic rings. The number of carbonyl (C=O) groups excluding carboxylic acids is 1. The Morgan fingerprint density at radius 3 is 2.68 bits per heavy atom. The van der Waals surface area contributed by atoms with Gasteiger partial charge in [-0.05, 0) is 23.8 Å². The Labute approximate surface area is 165 Å². The van der Waals surface area contributed by atoms with Gasteiger partial charge in [0, 0.05) is 37.5 Å². The van der Waals surface area contributed by atoms with Crippen molar-refractivity contribution in [2.24, 2.45) is 0 Å². The van der Waals surface area contributed by atoms with Crippen molar-refractivity contribution in [3.8, 4) is 11.5 Å². The molecule has 6 nitrogen and oxygen atoms in total.